The fourth-order valence-electron chi connectivity index (χ4n) is 2.55. The van der Waals surface area contributed by atoms with Crippen LogP contribution < -0.4 is 4.74 Å². The van der Waals surface area contributed by atoms with Gasteiger partial charge in [0.2, 0.25) is 0 Å². The fourth-order valence-corrected chi connectivity index (χ4v) is 2.55. The number of hydrogen-bond acceptors (Lipinski definition) is 2. The first-order valence-corrected chi connectivity index (χ1v) is 7.65. The van der Waals surface area contributed by atoms with Gasteiger partial charge < -0.3 is 4.74 Å². The predicted octanol–water partition coefficient (Wildman–Crippen LogP) is 4.75. The number of terminal acetylenes is 1. The number of benzene rings is 3. The second-order valence-corrected chi connectivity index (χ2v) is 5.25. The molecule has 3 aromatic rings. The number of allylic oxidation sites excluding steroid dienone is 1. The maximum atomic E-state index is 12.3. The third-order valence-electron chi connectivity index (χ3n) is 3.70. The average molecular weight is 312 g/mol. The molecule has 0 unspecified atom stereocenters. The first kappa shape index (κ1) is 15.6. The van der Waals surface area contributed by atoms with Crippen LogP contribution in [0.4, 0.5) is 0 Å². The highest BCUT2D eigenvalue weighted by Gasteiger charge is 2.07. The Bertz CT molecular complexity index is 931. The summed E-state index contributed by atoms with van der Waals surface area (Å²) >= 11 is 0. The zero-order valence-corrected chi connectivity index (χ0v) is 13.1. The molecule has 0 radical (unpaired) electrons. The van der Waals surface area contributed by atoms with Crippen LogP contribution >= 0.6 is 0 Å². The van der Waals surface area contributed by atoms with Crippen molar-refractivity contribution in [3.05, 3.63) is 83.9 Å². The van der Waals surface area contributed by atoms with Crippen LogP contribution in [-0.2, 0) is 0 Å². The van der Waals surface area contributed by atoms with E-state index < -0.39 is 0 Å². The normalized spacial score (nSPS) is 10.6. The van der Waals surface area contributed by atoms with E-state index in [0.29, 0.717) is 11.3 Å². The Morgan fingerprint density at radius 2 is 1.75 bits per heavy atom. The van der Waals surface area contributed by atoms with Crippen LogP contribution in [0.15, 0.2) is 72.8 Å². The first-order chi connectivity index (χ1) is 11.8. The lowest BCUT2D eigenvalue weighted by molar-refractivity contribution is 0.104. The number of fused-ring (bicyclic) bond motifs is 1. The summed E-state index contributed by atoms with van der Waals surface area (Å²) in [5.41, 5.74) is 1.51. The standard InChI is InChI=1S/C22H16O2/c1-2-16-24-22-15-12-17-8-6-7-11-19(17)20(22)13-14-21(23)18-9-4-3-5-10-18/h1,3-15H,16H2/b14-13+. The Labute approximate surface area is 141 Å². The highest BCUT2D eigenvalue weighted by atomic mass is 16.5. The molecule has 0 aliphatic carbocycles. The van der Waals surface area contributed by atoms with E-state index >= 15 is 0 Å². The molecule has 0 fully saturated rings. The topological polar surface area (TPSA) is 26.3 Å². The zero-order valence-electron chi connectivity index (χ0n) is 13.1. The minimum atomic E-state index is -0.0496. The van der Waals surface area contributed by atoms with Crippen LogP contribution in [0.5, 0.6) is 5.75 Å². The van der Waals surface area contributed by atoms with Gasteiger partial charge in [0.25, 0.3) is 0 Å². The molecule has 3 aromatic carbocycles. The minimum absolute atomic E-state index is 0.0496. The second-order valence-electron chi connectivity index (χ2n) is 5.25. The van der Waals surface area contributed by atoms with Gasteiger partial charge in [-0.05, 0) is 29.0 Å². The number of carbonyl (C=O) groups is 1. The van der Waals surface area contributed by atoms with Crippen molar-refractivity contribution in [3.63, 3.8) is 0 Å². The molecular weight excluding hydrogens is 296 g/mol. The summed E-state index contributed by atoms with van der Waals surface area (Å²) in [5, 5.41) is 2.10. The highest BCUT2D eigenvalue weighted by molar-refractivity contribution is 6.08. The number of rotatable bonds is 5. The van der Waals surface area contributed by atoms with Gasteiger partial charge >= 0.3 is 0 Å². The summed E-state index contributed by atoms with van der Waals surface area (Å²) in [7, 11) is 0. The molecule has 0 saturated heterocycles. The quantitative estimate of drug-likeness (QED) is 0.386. The van der Waals surface area contributed by atoms with Gasteiger partial charge in [-0.3, -0.25) is 4.79 Å². The lowest BCUT2D eigenvalue weighted by Crippen LogP contribution is -1.97. The van der Waals surface area contributed by atoms with Crippen molar-refractivity contribution in [1.82, 2.24) is 0 Å². The third kappa shape index (κ3) is 3.37. The molecule has 0 aliphatic heterocycles. The van der Waals surface area contributed by atoms with Gasteiger partial charge in [0.05, 0.1) is 0 Å². The molecule has 3 rings (SSSR count). The molecule has 2 nitrogen and oxygen atoms in total. The van der Waals surface area contributed by atoms with E-state index in [-0.39, 0.29) is 12.4 Å². The largest absolute Gasteiger partial charge is 0.480 e. The summed E-state index contributed by atoms with van der Waals surface area (Å²) in [4.78, 5) is 12.3. The van der Waals surface area contributed by atoms with Gasteiger partial charge in [0.15, 0.2) is 5.78 Å². The van der Waals surface area contributed by atoms with Crippen molar-refractivity contribution in [2.45, 2.75) is 0 Å². The SMILES string of the molecule is C#CCOc1ccc2ccccc2c1/C=C/C(=O)c1ccccc1. The van der Waals surface area contributed by atoms with Gasteiger partial charge in [-0.2, -0.15) is 0 Å². The first-order valence-electron chi connectivity index (χ1n) is 7.65. The molecule has 0 amide bonds. The zero-order chi connectivity index (χ0) is 16.8. The smallest absolute Gasteiger partial charge is 0.185 e. The number of ether oxygens (including phenoxy) is 1. The maximum Gasteiger partial charge on any atom is 0.185 e. The van der Waals surface area contributed by atoms with Crippen LogP contribution in [0.3, 0.4) is 0 Å². The Morgan fingerprint density at radius 1 is 1.00 bits per heavy atom. The van der Waals surface area contributed by atoms with E-state index in [1.54, 1.807) is 24.3 Å². The summed E-state index contributed by atoms with van der Waals surface area (Å²) in [6.07, 6.45) is 8.65. The van der Waals surface area contributed by atoms with E-state index in [4.69, 9.17) is 11.2 Å². The van der Waals surface area contributed by atoms with Crippen LogP contribution in [0, 0.1) is 12.3 Å². The van der Waals surface area contributed by atoms with Gasteiger partial charge in [0.1, 0.15) is 12.4 Å². The molecule has 0 atom stereocenters. The molecule has 0 aliphatic rings. The van der Waals surface area contributed by atoms with Gasteiger partial charge in [0, 0.05) is 11.1 Å². The van der Waals surface area contributed by atoms with Crippen LogP contribution in [-0.4, -0.2) is 12.4 Å². The summed E-state index contributed by atoms with van der Waals surface area (Å²) in [6.45, 7) is 0.186. The van der Waals surface area contributed by atoms with E-state index in [9.17, 15) is 4.79 Å². The molecule has 0 bridgehead atoms. The highest BCUT2D eigenvalue weighted by Crippen LogP contribution is 2.29. The minimum Gasteiger partial charge on any atom is -0.480 e. The van der Waals surface area contributed by atoms with Gasteiger partial charge in [-0.15, -0.1) is 6.42 Å². The second kappa shape index (κ2) is 7.30. The van der Waals surface area contributed by atoms with Crippen LogP contribution in [0.25, 0.3) is 16.8 Å². The molecule has 0 heterocycles. The Hall–Kier alpha value is -3.31. The number of carbonyl (C=O) groups excluding carboxylic acids is 1. The lowest BCUT2D eigenvalue weighted by Gasteiger charge is -2.10. The Balaban J connectivity index is 2.01. The third-order valence-corrected chi connectivity index (χ3v) is 3.70. The monoisotopic (exact) mass is 312 g/mol. The molecule has 2 heteroatoms. The van der Waals surface area contributed by atoms with E-state index in [1.165, 1.54) is 0 Å². The molecule has 0 saturated carbocycles. The summed E-state index contributed by atoms with van der Waals surface area (Å²) in [6, 6.07) is 21.0. The lowest BCUT2D eigenvalue weighted by atomic mass is 10.0. The summed E-state index contributed by atoms with van der Waals surface area (Å²) < 4.78 is 5.63. The molecule has 0 spiro atoms. The predicted molar refractivity (Wildman–Crippen MR) is 98.1 cm³/mol. The molecule has 116 valence electrons. The molecular formula is C22H16O2. The van der Waals surface area contributed by atoms with Gasteiger partial charge in [-0.25, -0.2) is 0 Å². The van der Waals surface area contributed by atoms with Crippen molar-refractivity contribution >= 4 is 22.6 Å². The average Bonchev–Trinajstić information content (AvgIpc) is 2.65. The molecule has 0 aromatic heterocycles. The Morgan fingerprint density at radius 3 is 2.54 bits per heavy atom. The van der Waals surface area contributed by atoms with E-state index in [2.05, 4.69) is 5.92 Å². The van der Waals surface area contributed by atoms with Crippen molar-refractivity contribution in [1.29, 1.82) is 0 Å². The van der Waals surface area contributed by atoms with Gasteiger partial charge in [-0.1, -0.05) is 66.6 Å². The van der Waals surface area contributed by atoms with E-state index in [0.717, 1.165) is 16.3 Å². The van der Waals surface area contributed by atoms with E-state index in [1.807, 2.05) is 54.6 Å². The van der Waals surface area contributed by atoms with Crippen molar-refractivity contribution in [2.24, 2.45) is 0 Å². The van der Waals surface area contributed by atoms with Crippen LogP contribution in [0.1, 0.15) is 15.9 Å². The Kier molecular flexibility index (Phi) is 4.74. The number of hydrogen-bond donors (Lipinski definition) is 0. The summed E-state index contributed by atoms with van der Waals surface area (Å²) in [5.74, 6) is 3.09. The molecule has 0 N–H and O–H groups in total. The van der Waals surface area contributed by atoms with Crippen molar-refractivity contribution < 1.29 is 9.53 Å². The number of ketones is 1. The molecule has 24 heavy (non-hydrogen) atoms. The van der Waals surface area contributed by atoms with Crippen LogP contribution in [0.2, 0.25) is 0 Å². The van der Waals surface area contributed by atoms with Crippen molar-refractivity contribution in [3.8, 4) is 18.1 Å². The maximum absolute atomic E-state index is 12.3. The fraction of sp³-hybridized carbons (Fsp3) is 0.0455. The van der Waals surface area contributed by atoms with Crippen molar-refractivity contribution in [2.75, 3.05) is 6.61 Å².